The van der Waals surface area contributed by atoms with Crippen LogP contribution in [0, 0.1) is 0 Å². The highest BCUT2D eigenvalue weighted by Gasteiger charge is 1.99. The molecule has 0 saturated heterocycles. The number of amides is 1. The van der Waals surface area contributed by atoms with E-state index in [2.05, 4.69) is 10.1 Å². The second kappa shape index (κ2) is 5.92. The maximum absolute atomic E-state index is 11.3. The second-order valence-corrected chi connectivity index (χ2v) is 3.29. The van der Waals surface area contributed by atoms with Gasteiger partial charge in [0.15, 0.2) is 0 Å². The van der Waals surface area contributed by atoms with Crippen molar-refractivity contribution in [3.63, 3.8) is 0 Å². The summed E-state index contributed by atoms with van der Waals surface area (Å²) in [6.07, 6.45) is 2.14. The van der Waals surface area contributed by atoms with Gasteiger partial charge in [-0.2, -0.15) is 0 Å². The van der Waals surface area contributed by atoms with Crippen molar-refractivity contribution in [1.82, 2.24) is 0 Å². The lowest BCUT2D eigenvalue weighted by Crippen LogP contribution is -2.08. The number of esters is 1. The fourth-order valence-corrected chi connectivity index (χ4v) is 1.05. The fraction of sp³-hybridized carbons (Fsp3) is 0.0909. The molecule has 1 aromatic rings. The maximum atomic E-state index is 11.3. The number of rotatable bonds is 3. The van der Waals surface area contributed by atoms with Crippen molar-refractivity contribution in [2.45, 2.75) is 0 Å². The molecule has 0 fully saturated rings. The van der Waals surface area contributed by atoms with Crippen molar-refractivity contribution in [2.75, 3.05) is 12.4 Å². The molecule has 0 aliphatic heterocycles. The number of ether oxygens (including phenoxy) is 1. The number of methoxy groups -OCH3 is 1. The Balaban J connectivity index is 2.55. The maximum Gasteiger partial charge on any atom is 0.330 e. The summed E-state index contributed by atoms with van der Waals surface area (Å²) in [4.78, 5) is 22.0. The van der Waals surface area contributed by atoms with Crippen LogP contribution in [-0.4, -0.2) is 19.0 Å². The molecule has 0 bridgehead atoms. The Kier molecular flexibility index (Phi) is 4.54. The molecule has 0 aliphatic carbocycles. The third-order valence-corrected chi connectivity index (χ3v) is 1.94. The van der Waals surface area contributed by atoms with Crippen molar-refractivity contribution in [2.24, 2.45) is 0 Å². The van der Waals surface area contributed by atoms with Crippen molar-refractivity contribution in [3.05, 3.63) is 41.4 Å². The number of carbonyl (C=O) groups excluding carboxylic acids is 2. The van der Waals surface area contributed by atoms with Crippen LogP contribution in [-0.2, 0) is 14.3 Å². The van der Waals surface area contributed by atoms with E-state index in [1.807, 2.05) is 0 Å². The van der Waals surface area contributed by atoms with Crippen LogP contribution in [0.2, 0.25) is 5.02 Å². The van der Waals surface area contributed by atoms with Crippen LogP contribution in [0.3, 0.4) is 0 Å². The Morgan fingerprint density at radius 2 is 1.88 bits per heavy atom. The molecule has 16 heavy (non-hydrogen) atoms. The zero-order valence-corrected chi connectivity index (χ0v) is 9.32. The van der Waals surface area contributed by atoms with Gasteiger partial charge in [0.25, 0.3) is 0 Å². The fourth-order valence-electron chi connectivity index (χ4n) is 0.929. The van der Waals surface area contributed by atoms with Crippen LogP contribution >= 0.6 is 11.6 Å². The number of hydrogen-bond acceptors (Lipinski definition) is 3. The van der Waals surface area contributed by atoms with E-state index < -0.39 is 11.9 Å². The van der Waals surface area contributed by atoms with Gasteiger partial charge >= 0.3 is 5.97 Å². The van der Waals surface area contributed by atoms with E-state index in [0.29, 0.717) is 10.7 Å². The van der Waals surface area contributed by atoms with Gasteiger partial charge in [0, 0.05) is 22.9 Å². The molecule has 84 valence electrons. The van der Waals surface area contributed by atoms with E-state index in [9.17, 15) is 9.59 Å². The third-order valence-electron chi connectivity index (χ3n) is 1.68. The number of anilines is 1. The minimum Gasteiger partial charge on any atom is -0.466 e. The highest BCUT2D eigenvalue weighted by Crippen LogP contribution is 2.13. The summed E-state index contributed by atoms with van der Waals surface area (Å²) in [5.41, 5.74) is 0.601. The molecule has 4 nitrogen and oxygen atoms in total. The lowest BCUT2D eigenvalue weighted by Gasteiger charge is -2.01. The van der Waals surface area contributed by atoms with Crippen molar-refractivity contribution in [1.29, 1.82) is 0 Å². The molecule has 1 rings (SSSR count). The molecule has 1 N–H and O–H groups in total. The van der Waals surface area contributed by atoms with Gasteiger partial charge in [-0.05, 0) is 24.3 Å². The third kappa shape index (κ3) is 4.14. The zero-order chi connectivity index (χ0) is 12.0. The molecule has 0 saturated carbocycles. The topological polar surface area (TPSA) is 55.4 Å². The number of halogens is 1. The van der Waals surface area contributed by atoms with Crippen molar-refractivity contribution >= 4 is 29.2 Å². The average Bonchev–Trinajstić information content (AvgIpc) is 2.29. The van der Waals surface area contributed by atoms with Crippen LogP contribution in [0.15, 0.2) is 36.4 Å². The van der Waals surface area contributed by atoms with Crippen LogP contribution in [0.5, 0.6) is 0 Å². The second-order valence-electron chi connectivity index (χ2n) is 2.85. The minimum absolute atomic E-state index is 0.410. The average molecular weight is 240 g/mol. The summed E-state index contributed by atoms with van der Waals surface area (Å²) in [6, 6.07) is 6.63. The van der Waals surface area contributed by atoms with Gasteiger partial charge in [0.1, 0.15) is 0 Å². The first-order chi connectivity index (χ1) is 7.61. The Hall–Kier alpha value is -1.81. The highest BCUT2D eigenvalue weighted by atomic mass is 35.5. The van der Waals surface area contributed by atoms with E-state index in [0.717, 1.165) is 12.2 Å². The van der Waals surface area contributed by atoms with E-state index >= 15 is 0 Å². The van der Waals surface area contributed by atoms with Crippen LogP contribution < -0.4 is 5.32 Å². The molecular weight excluding hydrogens is 230 g/mol. The summed E-state index contributed by atoms with van der Waals surface area (Å²) in [7, 11) is 1.24. The van der Waals surface area contributed by atoms with Gasteiger partial charge in [-0.3, -0.25) is 4.79 Å². The first-order valence-electron chi connectivity index (χ1n) is 4.44. The lowest BCUT2D eigenvalue weighted by molar-refractivity contribution is -0.135. The first-order valence-corrected chi connectivity index (χ1v) is 4.82. The van der Waals surface area contributed by atoms with Gasteiger partial charge in [-0.1, -0.05) is 11.6 Å². The summed E-state index contributed by atoms with van der Waals surface area (Å²) < 4.78 is 4.34. The molecule has 0 unspecified atom stereocenters. The Bertz CT molecular complexity index is 412. The molecular formula is C11H10ClNO3. The monoisotopic (exact) mass is 239 g/mol. The normalized spacial score (nSPS) is 10.1. The first kappa shape index (κ1) is 12.3. The van der Waals surface area contributed by atoms with E-state index in [4.69, 9.17) is 11.6 Å². The van der Waals surface area contributed by atoms with E-state index in [1.165, 1.54) is 7.11 Å². The van der Waals surface area contributed by atoms with E-state index in [1.54, 1.807) is 24.3 Å². The van der Waals surface area contributed by atoms with Crippen LogP contribution in [0.4, 0.5) is 5.69 Å². The molecule has 1 aromatic carbocycles. The predicted molar refractivity (Wildman–Crippen MR) is 61.2 cm³/mol. The van der Waals surface area contributed by atoms with Gasteiger partial charge in [0.2, 0.25) is 5.91 Å². The summed E-state index contributed by atoms with van der Waals surface area (Å²) in [5, 5.41) is 3.14. The largest absolute Gasteiger partial charge is 0.466 e. The molecule has 0 aromatic heterocycles. The standard InChI is InChI=1S/C11H10ClNO3/c1-16-11(15)7-6-10(14)13-9-4-2-8(12)3-5-9/h2-7H,1H3,(H,13,14)/b7-6+. The molecule has 0 spiro atoms. The van der Waals surface area contributed by atoms with Gasteiger partial charge < -0.3 is 10.1 Å². The molecule has 1 amide bonds. The molecule has 0 atom stereocenters. The Labute approximate surface area is 97.9 Å². The lowest BCUT2D eigenvalue weighted by atomic mass is 10.3. The van der Waals surface area contributed by atoms with Crippen LogP contribution in [0.25, 0.3) is 0 Å². The summed E-state index contributed by atoms with van der Waals surface area (Å²) >= 11 is 5.68. The number of carbonyl (C=O) groups is 2. The molecule has 0 radical (unpaired) electrons. The Morgan fingerprint density at radius 3 is 2.44 bits per heavy atom. The summed E-state index contributed by atoms with van der Waals surface area (Å²) in [5.74, 6) is -0.987. The minimum atomic E-state index is -0.578. The predicted octanol–water partition coefficient (Wildman–Crippen LogP) is 2.01. The zero-order valence-electron chi connectivity index (χ0n) is 8.57. The van der Waals surface area contributed by atoms with Gasteiger partial charge in [0.05, 0.1) is 7.11 Å². The number of benzene rings is 1. The number of nitrogens with one attached hydrogen (secondary N) is 1. The van der Waals surface area contributed by atoms with Crippen molar-refractivity contribution in [3.8, 4) is 0 Å². The molecule has 0 heterocycles. The van der Waals surface area contributed by atoms with Gasteiger partial charge in [-0.15, -0.1) is 0 Å². The van der Waals surface area contributed by atoms with Gasteiger partial charge in [-0.25, -0.2) is 4.79 Å². The van der Waals surface area contributed by atoms with Crippen molar-refractivity contribution < 1.29 is 14.3 Å². The number of hydrogen-bond donors (Lipinski definition) is 1. The SMILES string of the molecule is COC(=O)/C=C/C(=O)Nc1ccc(Cl)cc1. The van der Waals surface area contributed by atoms with Crippen LogP contribution in [0.1, 0.15) is 0 Å². The summed E-state index contributed by atoms with van der Waals surface area (Å²) in [6.45, 7) is 0. The highest BCUT2D eigenvalue weighted by molar-refractivity contribution is 6.30. The quantitative estimate of drug-likeness (QED) is 0.648. The Morgan fingerprint density at radius 1 is 1.25 bits per heavy atom. The molecule has 5 heteroatoms. The smallest absolute Gasteiger partial charge is 0.330 e. The van der Waals surface area contributed by atoms with E-state index in [-0.39, 0.29) is 0 Å². The molecule has 0 aliphatic rings.